The summed E-state index contributed by atoms with van der Waals surface area (Å²) in [4.78, 5) is 4.96. The number of hydrogen-bond donors (Lipinski definition) is 1. The van der Waals surface area contributed by atoms with Crippen molar-refractivity contribution in [3.8, 4) is 0 Å². The quantitative estimate of drug-likeness (QED) is 0.290. The van der Waals surface area contributed by atoms with E-state index in [-0.39, 0.29) is 33.3 Å². The summed E-state index contributed by atoms with van der Waals surface area (Å²) < 4.78 is 76.8. The predicted octanol–water partition coefficient (Wildman–Crippen LogP) is 9.90. The molecular weight excluding hydrogens is 530 g/mol. The Kier molecular flexibility index (Phi) is 11.6. The highest BCUT2D eigenvalue weighted by Gasteiger charge is 2.30. The largest absolute Gasteiger partial charge is 0.446 e. The zero-order valence-electron chi connectivity index (χ0n) is 20.5. The van der Waals surface area contributed by atoms with Crippen LogP contribution in [-0.2, 0) is 0 Å². The number of aliphatic imine (C=N–C) groups is 1. The van der Waals surface area contributed by atoms with Gasteiger partial charge in [-0.15, -0.1) is 0 Å². The zero-order valence-corrected chi connectivity index (χ0v) is 22.1. The number of halogens is 6. The third-order valence-electron chi connectivity index (χ3n) is 6.08. The molecule has 2 aromatic rings. The minimum absolute atomic E-state index is 0.0753. The first-order valence-corrected chi connectivity index (χ1v) is 14.2. The van der Waals surface area contributed by atoms with Crippen molar-refractivity contribution in [2.24, 2.45) is 4.99 Å². The molecule has 2 nitrogen and oxygen atoms in total. The lowest BCUT2D eigenvalue weighted by Gasteiger charge is -2.23. The third-order valence-corrected chi connectivity index (χ3v) is 7.56. The molecule has 2 aromatic carbocycles. The first-order chi connectivity index (χ1) is 17.6. The van der Waals surface area contributed by atoms with E-state index in [9.17, 15) is 26.3 Å². The first-order valence-electron chi connectivity index (χ1n) is 12.6. The van der Waals surface area contributed by atoms with Gasteiger partial charge in [0.25, 0.3) is 0 Å². The molecule has 10 heteroatoms. The van der Waals surface area contributed by atoms with Gasteiger partial charge < -0.3 is 5.32 Å². The van der Waals surface area contributed by atoms with Crippen LogP contribution in [0.15, 0.2) is 63.3 Å². The molecule has 0 saturated carbocycles. The van der Waals surface area contributed by atoms with Crippen LogP contribution in [0.5, 0.6) is 0 Å². The lowest BCUT2D eigenvalue weighted by molar-refractivity contribution is -0.0337. The van der Waals surface area contributed by atoms with Gasteiger partial charge in [0.1, 0.15) is 0 Å². The van der Waals surface area contributed by atoms with Crippen LogP contribution in [0.2, 0.25) is 0 Å². The van der Waals surface area contributed by atoms with Crippen LogP contribution in [0.4, 0.5) is 26.3 Å². The van der Waals surface area contributed by atoms with Crippen molar-refractivity contribution in [1.82, 2.24) is 5.32 Å². The highest BCUT2D eigenvalue weighted by Crippen LogP contribution is 2.39. The van der Waals surface area contributed by atoms with Crippen molar-refractivity contribution < 1.29 is 26.3 Å². The van der Waals surface area contributed by atoms with E-state index in [0.29, 0.717) is 17.7 Å². The molecule has 1 heterocycles. The second-order valence-corrected chi connectivity index (χ2v) is 11.3. The first kappa shape index (κ1) is 29.7. The van der Waals surface area contributed by atoms with E-state index >= 15 is 0 Å². The maximum atomic E-state index is 12.8. The fourth-order valence-corrected chi connectivity index (χ4v) is 5.38. The monoisotopic (exact) mass is 562 g/mol. The van der Waals surface area contributed by atoms with E-state index in [0.717, 1.165) is 37.9 Å². The van der Waals surface area contributed by atoms with Crippen molar-refractivity contribution >= 4 is 29.4 Å². The maximum Gasteiger partial charge on any atom is 0.446 e. The van der Waals surface area contributed by atoms with E-state index in [4.69, 9.17) is 4.99 Å². The number of amidine groups is 1. The molecule has 0 bridgehead atoms. The van der Waals surface area contributed by atoms with E-state index < -0.39 is 17.1 Å². The molecule has 204 valence electrons. The summed E-state index contributed by atoms with van der Waals surface area (Å²) in [5, 5.41) is 3.48. The van der Waals surface area contributed by atoms with Gasteiger partial charge in [-0.3, -0.25) is 4.99 Å². The van der Waals surface area contributed by atoms with E-state index in [1.165, 1.54) is 56.4 Å². The zero-order chi connectivity index (χ0) is 26.7. The Morgan fingerprint density at radius 3 is 1.43 bits per heavy atom. The summed E-state index contributed by atoms with van der Waals surface area (Å²) in [5.74, 6) is 0.826. The molecule has 0 amide bonds. The summed E-state index contributed by atoms with van der Waals surface area (Å²) in [6, 6.07) is 11.7. The van der Waals surface area contributed by atoms with Gasteiger partial charge in [0.05, 0.1) is 11.9 Å². The van der Waals surface area contributed by atoms with Gasteiger partial charge in [-0.2, -0.15) is 26.3 Å². The highest BCUT2D eigenvalue weighted by molar-refractivity contribution is 8.00. The van der Waals surface area contributed by atoms with Crippen LogP contribution in [-0.4, -0.2) is 23.4 Å². The normalized spacial score (nSPS) is 16.9. The summed E-state index contributed by atoms with van der Waals surface area (Å²) in [6.07, 6.45) is 11.0. The molecule has 1 aliphatic heterocycles. The van der Waals surface area contributed by atoms with E-state index in [1.54, 1.807) is 24.3 Å². The van der Waals surface area contributed by atoms with Crippen LogP contribution in [0.25, 0.3) is 0 Å². The Labute approximate surface area is 223 Å². The third kappa shape index (κ3) is 11.6. The standard InChI is InChI=1S/C27H32F6N2S2/c28-26(29,30)36-22-15-11-20(12-16-22)25(21-13-17-23(18-14-21)37-27(31,32)33)35-24-10-8-6-4-2-1-3-5-7-9-19-34-24/h11-18,25H,1-10,19H2,(H,34,35). The van der Waals surface area contributed by atoms with Crippen LogP contribution in [0.1, 0.15) is 81.4 Å². The summed E-state index contributed by atoms with van der Waals surface area (Å²) in [6.45, 7) is 0.692. The highest BCUT2D eigenvalue weighted by atomic mass is 32.2. The number of nitrogens with zero attached hydrogens (tertiary/aromatic N) is 1. The van der Waals surface area contributed by atoms with Gasteiger partial charge in [0.15, 0.2) is 0 Å². The van der Waals surface area contributed by atoms with Crippen molar-refractivity contribution in [3.63, 3.8) is 0 Å². The average Bonchev–Trinajstić information content (AvgIpc) is 2.84. The van der Waals surface area contributed by atoms with E-state index in [1.807, 2.05) is 0 Å². The van der Waals surface area contributed by atoms with Gasteiger partial charge in [-0.05, 0) is 71.8 Å². The topological polar surface area (TPSA) is 24.4 Å². The predicted molar refractivity (Wildman–Crippen MR) is 140 cm³/mol. The van der Waals surface area contributed by atoms with Crippen molar-refractivity contribution in [2.75, 3.05) is 6.54 Å². The Balaban J connectivity index is 1.85. The van der Waals surface area contributed by atoms with Gasteiger partial charge in [-0.1, -0.05) is 69.2 Å². The molecule has 0 radical (unpaired) electrons. The number of thioether (sulfide) groups is 2. The molecule has 0 saturated heterocycles. The van der Waals surface area contributed by atoms with E-state index in [2.05, 4.69) is 5.32 Å². The molecular formula is C27H32F6N2S2. The molecule has 1 N–H and O–H groups in total. The Morgan fingerprint density at radius 2 is 1.00 bits per heavy atom. The number of benzene rings is 2. The fourth-order valence-electron chi connectivity index (χ4n) is 4.30. The molecule has 1 aliphatic rings. The molecule has 0 atom stereocenters. The van der Waals surface area contributed by atoms with Crippen LogP contribution < -0.4 is 5.32 Å². The molecule has 0 spiro atoms. The number of rotatable bonds is 5. The minimum Gasteiger partial charge on any atom is -0.363 e. The summed E-state index contributed by atoms with van der Waals surface area (Å²) in [7, 11) is 0. The van der Waals surface area contributed by atoms with Crippen molar-refractivity contribution in [2.45, 2.75) is 91.1 Å². The van der Waals surface area contributed by atoms with Crippen LogP contribution in [0.3, 0.4) is 0 Å². The van der Waals surface area contributed by atoms with Gasteiger partial charge in [0, 0.05) is 22.8 Å². The molecule has 3 rings (SSSR count). The maximum absolute atomic E-state index is 12.8. The van der Waals surface area contributed by atoms with Crippen molar-refractivity contribution in [3.05, 3.63) is 59.7 Å². The lowest BCUT2D eigenvalue weighted by Crippen LogP contribution is -2.29. The second-order valence-electron chi connectivity index (χ2n) is 9.07. The van der Waals surface area contributed by atoms with Gasteiger partial charge in [0.2, 0.25) is 0 Å². The average molecular weight is 563 g/mol. The van der Waals surface area contributed by atoms with Crippen LogP contribution >= 0.6 is 23.5 Å². The Morgan fingerprint density at radius 1 is 0.595 bits per heavy atom. The Bertz CT molecular complexity index is 913. The minimum atomic E-state index is -4.38. The SMILES string of the molecule is FC(F)(F)Sc1ccc(C(NC2=NCCCCCCCCCCC2)c2ccc(SC(F)(F)F)cc2)cc1. The summed E-state index contributed by atoms with van der Waals surface area (Å²) >= 11 is -0.358. The smallest absolute Gasteiger partial charge is 0.363 e. The van der Waals surface area contributed by atoms with Crippen LogP contribution in [0, 0.1) is 0 Å². The number of alkyl halides is 6. The Hall–Kier alpha value is -1.81. The number of nitrogens with one attached hydrogen (secondary N) is 1. The lowest BCUT2D eigenvalue weighted by atomic mass is 9.98. The van der Waals surface area contributed by atoms with Gasteiger partial charge >= 0.3 is 11.0 Å². The fraction of sp³-hybridized carbons (Fsp3) is 0.519. The molecule has 0 aromatic heterocycles. The molecule has 0 unspecified atom stereocenters. The van der Waals surface area contributed by atoms with Gasteiger partial charge in [-0.25, -0.2) is 0 Å². The second kappa shape index (κ2) is 14.4. The van der Waals surface area contributed by atoms with Crippen molar-refractivity contribution in [1.29, 1.82) is 0 Å². The molecule has 0 fully saturated rings. The molecule has 37 heavy (non-hydrogen) atoms. The number of hydrogen-bond acceptors (Lipinski definition) is 4. The summed E-state index contributed by atoms with van der Waals surface area (Å²) in [5.41, 5.74) is -7.33. The molecule has 0 aliphatic carbocycles.